The van der Waals surface area contributed by atoms with Crippen LogP contribution in [0.3, 0.4) is 0 Å². The fourth-order valence-corrected chi connectivity index (χ4v) is 2.13. The molecule has 1 N–H and O–H groups in total. The molecule has 0 atom stereocenters. The predicted molar refractivity (Wildman–Crippen MR) is 62.2 cm³/mol. The Morgan fingerprint density at radius 3 is 2.81 bits per heavy atom. The highest BCUT2D eigenvalue weighted by molar-refractivity contribution is 5.19. The molecule has 88 valence electrons. The van der Waals surface area contributed by atoms with Gasteiger partial charge in [0, 0.05) is 12.3 Å². The van der Waals surface area contributed by atoms with E-state index in [4.69, 9.17) is 9.84 Å². The summed E-state index contributed by atoms with van der Waals surface area (Å²) < 4.78 is 5.82. The third-order valence-electron chi connectivity index (χ3n) is 3.23. The van der Waals surface area contributed by atoms with E-state index in [1.54, 1.807) is 12.3 Å². The highest BCUT2D eigenvalue weighted by Gasteiger charge is 2.19. The predicted octanol–water partition coefficient (Wildman–Crippen LogP) is 2.53. The first-order valence-corrected chi connectivity index (χ1v) is 6.00. The van der Waals surface area contributed by atoms with Gasteiger partial charge in [-0.1, -0.05) is 6.92 Å². The smallest absolute Gasteiger partial charge is 0.213 e. The lowest BCUT2D eigenvalue weighted by atomic mass is 9.89. The summed E-state index contributed by atoms with van der Waals surface area (Å²) in [6, 6.07) is 3.62. The van der Waals surface area contributed by atoms with Gasteiger partial charge in [0.2, 0.25) is 5.88 Å². The molecule has 0 aromatic carbocycles. The van der Waals surface area contributed by atoms with E-state index in [9.17, 15) is 0 Å². The SMILES string of the molecule is CC1CCC(Oc2cc(CO)ccn2)CC1. The molecule has 0 saturated heterocycles. The fourth-order valence-electron chi connectivity index (χ4n) is 2.13. The molecule has 0 spiro atoms. The van der Waals surface area contributed by atoms with Crippen molar-refractivity contribution in [2.45, 2.75) is 45.3 Å². The molecule has 0 bridgehead atoms. The second-order valence-corrected chi connectivity index (χ2v) is 4.66. The van der Waals surface area contributed by atoms with E-state index in [-0.39, 0.29) is 6.61 Å². The lowest BCUT2D eigenvalue weighted by molar-refractivity contribution is 0.130. The van der Waals surface area contributed by atoms with Crippen LogP contribution in [0.15, 0.2) is 18.3 Å². The van der Waals surface area contributed by atoms with Crippen LogP contribution in [0.25, 0.3) is 0 Å². The van der Waals surface area contributed by atoms with Crippen molar-refractivity contribution < 1.29 is 9.84 Å². The molecule has 1 aliphatic carbocycles. The Morgan fingerprint density at radius 1 is 1.38 bits per heavy atom. The Balaban J connectivity index is 1.93. The van der Waals surface area contributed by atoms with Crippen molar-refractivity contribution in [3.05, 3.63) is 23.9 Å². The number of ether oxygens (including phenoxy) is 1. The van der Waals surface area contributed by atoms with Gasteiger partial charge in [-0.2, -0.15) is 0 Å². The molecular formula is C13H19NO2. The Labute approximate surface area is 96.5 Å². The van der Waals surface area contributed by atoms with Crippen LogP contribution in [-0.2, 0) is 6.61 Å². The average Bonchev–Trinajstić information content (AvgIpc) is 2.32. The molecule has 3 heteroatoms. The summed E-state index contributed by atoms with van der Waals surface area (Å²) in [5.74, 6) is 1.47. The lowest BCUT2D eigenvalue weighted by Gasteiger charge is -2.26. The minimum absolute atomic E-state index is 0.0422. The van der Waals surface area contributed by atoms with Crippen LogP contribution in [0.4, 0.5) is 0 Å². The zero-order valence-corrected chi connectivity index (χ0v) is 9.72. The molecule has 16 heavy (non-hydrogen) atoms. The van der Waals surface area contributed by atoms with Crippen molar-refractivity contribution in [3.63, 3.8) is 0 Å². The summed E-state index contributed by atoms with van der Waals surface area (Å²) in [4.78, 5) is 4.17. The topological polar surface area (TPSA) is 42.4 Å². The van der Waals surface area contributed by atoms with Crippen LogP contribution < -0.4 is 4.74 Å². The molecule has 1 aromatic rings. The van der Waals surface area contributed by atoms with E-state index in [1.807, 2.05) is 6.07 Å². The number of rotatable bonds is 3. The summed E-state index contributed by atoms with van der Waals surface area (Å²) >= 11 is 0. The summed E-state index contributed by atoms with van der Waals surface area (Å²) in [5, 5.41) is 9.02. The third kappa shape index (κ3) is 2.95. The number of aromatic nitrogens is 1. The van der Waals surface area contributed by atoms with Crippen molar-refractivity contribution >= 4 is 0 Å². The van der Waals surface area contributed by atoms with Crippen molar-refractivity contribution in [1.82, 2.24) is 4.98 Å². The van der Waals surface area contributed by atoms with E-state index in [0.717, 1.165) is 24.3 Å². The van der Waals surface area contributed by atoms with Gasteiger partial charge in [-0.25, -0.2) is 4.98 Å². The maximum absolute atomic E-state index is 9.02. The first-order valence-electron chi connectivity index (χ1n) is 6.00. The van der Waals surface area contributed by atoms with Gasteiger partial charge in [0.15, 0.2) is 0 Å². The van der Waals surface area contributed by atoms with Crippen LogP contribution in [0, 0.1) is 5.92 Å². The molecule has 0 aliphatic heterocycles. The van der Waals surface area contributed by atoms with Crippen LogP contribution in [0.1, 0.15) is 38.2 Å². The zero-order chi connectivity index (χ0) is 11.4. The Kier molecular flexibility index (Phi) is 3.78. The molecule has 2 rings (SSSR count). The second kappa shape index (κ2) is 5.30. The van der Waals surface area contributed by atoms with Gasteiger partial charge >= 0.3 is 0 Å². The number of hydrogen-bond acceptors (Lipinski definition) is 3. The number of aliphatic hydroxyl groups excluding tert-OH is 1. The number of nitrogens with zero attached hydrogens (tertiary/aromatic N) is 1. The lowest BCUT2D eigenvalue weighted by Crippen LogP contribution is -2.23. The van der Waals surface area contributed by atoms with Gasteiger partial charge in [-0.05, 0) is 43.2 Å². The zero-order valence-electron chi connectivity index (χ0n) is 9.72. The summed E-state index contributed by atoms with van der Waals surface area (Å²) in [5.41, 5.74) is 0.856. The molecule has 0 unspecified atom stereocenters. The monoisotopic (exact) mass is 221 g/mol. The Morgan fingerprint density at radius 2 is 2.12 bits per heavy atom. The van der Waals surface area contributed by atoms with Gasteiger partial charge < -0.3 is 9.84 Å². The molecule has 3 nitrogen and oxygen atoms in total. The van der Waals surface area contributed by atoms with Crippen molar-refractivity contribution in [2.75, 3.05) is 0 Å². The van der Waals surface area contributed by atoms with E-state index in [0.29, 0.717) is 12.0 Å². The maximum Gasteiger partial charge on any atom is 0.213 e. The minimum Gasteiger partial charge on any atom is -0.474 e. The number of hydrogen-bond donors (Lipinski definition) is 1. The first-order chi connectivity index (χ1) is 7.78. The van der Waals surface area contributed by atoms with Crippen LogP contribution in [0.5, 0.6) is 5.88 Å². The van der Waals surface area contributed by atoms with Gasteiger partial charge in [-0.15, -0.1) is 0 Å². The average molecular weight is 221 g/mol. The quantitative estimate of drug-likeness (QED) is 0.852. The van der Waals surface area contributed by atoms with E-state index in [1.165, 1.54) is 12.8 Å². The fraction of sp³-hybridized carbons (Fsp3) is 0.615. The molecule has 1 fully saturated rings. The van der Waals surface area contributed by atoms with E-state index < -0.39 is 0 Å². The number of pyridine rings is 1. The largest absolute Gasteiger partial charge is 0.474 e. The second-order valence-electron chi connectivity index (χ2n) is 4.66. The van der Waals surface area contributed by atoms with Crippen LogP contribution in [0.2, 0.25) is 0 Å². The standard InChI is InChI=1S/C13H19NO2/c1-10-2-4-12(5-3-10)16-13-8-11(9-15)6-7-14-13/h6-8,10,12,15H,2-5,9H2,1H3. The minimum atomic E-state index is 0.0422. The molecular weight excluding hydrogens is 202 g/mol. The molecule has 1 aromatic heterocycles. The molecule has 1 saturated carbocycles. The van der Waals surface area contributed by atoms with Crippen molar-refractivity contribution in [3.8, 4) is 5.88 Å². The van der Waals surface area contributed by atoms with Gasteiger partial charge in [0.1, 0.15) is 6.10 Å². The number of aliphatic hydroxyl groups is 1. The molecule has 1 aliphatic rings. The molecule has 0 radical (unpaired) electrons. The highest BCUT2D eigenvalue weighted by atomic mass is 16.5. The Hall–Kier alpha value is -1.09. The van der Waals surface area contributed by atoms with Gasteiger partial charge in [-0.3, -0.25) is 0 Å². The van der Waals surface area contributed by atoms with Gasteiger partial charge in [0.05, 0.1) is 6.61 Å². The van der Waals surface area contributed by atoms with Crippen LogP contribution in [-0.4, -0.2) is 16.2 Å². The summed E-state index contributed by atoms with van der Waals surface area (Å²) in [6.45, 7) is 2.33. The normalized spacial score (nSPS) is 25.4. The first kappa shape index (κ1) is 11.4. The third-order valence-corrected chi connectivity index (χ3v) is 3.23. The van der Waals surface area contributed by atoms with Crippen molar-refractivity contribution in [2.24, 2.45) is 5.92 Å². The van der Waals surface area contributed by atoms with E-state index in [2.05, 4.69) is 11.9 Å². The van der Waals surface area contributed by atoms with Crippen LogP contribution >= 0.6 is 0 Å². The Bertz CT molecular complexity index is 332. The summed E-state index contributed by atoms with van der Waals surface area (Å²) in [6.07, 6.45) is 6.71. The van der Waals surface area contributed by atoms with E-state index >= 15 is 0 Å². The molecule has 1 heterocycles. The van der Waals surface area contributed by atoms with Gasteiger partial charge in [0.25, 0.3) is 0 Å². The summed E-state index contributed by atoms with van der Waals surface area (Å²) in [7, 11) is 0. The molecule has 0 amide bonds. The highest BCUT2D eigenvalue weighted by Crippen LogP contribution is 2.26. The maximum atomic E-state index is 9.02. The van der Waals surface area contributed by atoms with Crippen molar-refractivity contribution in [1.29, 1.82) is 0 Å².